The van der Waals surface area contributed by atoms with Crippen LogP contribution in [-0.4, -0.2) is 27.8 Å². The lowest BCUT2D eigenvalue weighted by atomic mass is 10.2. The standard InChI is InChI=1S/C10H15ClN2O2/c1-10(2,3)15-6-8(14)9-7(11)5-12-13(9)4/h5H,6H2,1-4H3. The average molecular weight is 231 g/mol. The molecule has 0 atom stereocenters. The highest BCUT2D eigenvalue weighted by Gasteiger charge is 2.19. The lowest BCUT2D eigenvalue weighted by Gasteiger charge is -2.18. The molecule has 4 nitrogen and oxygen atoms in total. The van der Waals surface area contributed by atoms with Gasteiger partial charge in [0, 0.05) is 7.05 Å². The molecule has 0 spiro atoms. The van der Waals surface area contributed by atoms with E-state index in [0.29, 0.717) is 10.7 Å². The van der Waals surface area contributed by atoms with E-state index < -0.39 is 0 Å². The highest BCUT2D eigenvalue weighted by atomic mass is 35.5. The molecule has 1 heterocycles. The normalized spacial score (nSPS) is 11.8. The predicted octanol–water partition coefficient (Wildman–Crippen LogP) is 2.07. The highest BCUT2D eigenvalue weighted by molar-refractivity contribution is 6.33. The maximum absolute atomic E-state index is 11.7. The summed E-state index contributed by atoms with van der Waals surface area (Å²) in [5, 5.41) is 4.25. The molecule has 84 valence electrons. The van der Waals surface area contributed by atoms with Crippen molar-refractivity contribution in [2.75, 3.05) is 6.61 Å². The number of halogens is 1. The van der Waals surface area contributed by atoms with Gasteiger partial charge >= 0.3 is 0 Å². The Bertz CT molecular complexity index is 346. The summed E-state index contributed by atoms with van der Waals surface area (Å²) in [7, 11) is 1.68. The first-order valence-corrected chi connectivity index (χ1v) is 5.04. The molecular weight excluding hydrogens is 216 g/mol. The molecule has 0 fully saturated rings. The molecule has 0 saturated carbocycles. The van der Waals surface area contributed by atoms with Crippen molar-refractivity contribution in [3.05, 3.63) is 16.9 Å². The second kappa shape index (κ2) is 4.33. The lowest BCUT2D eigenvalue weighted by Crippen LogP contribution is -2.24. The number of carbonyl (C=O) groups is 1. The predicted molar refractivity (Wildman–Crippen MR) is 58.3 cm³/mol. The van der Waals surface area contributed by atoms with E-state index in [1.807, 2.05) is 20.8 Å². The summed E-state index contributed by atoms with van der Waals surface area (Å²) in [4.78, 5) is 11.7. The Morgan fingerprint density at radius 3 is 2.60 bits per heavy atom. The Balaban J connectivity index is 2.70. The Morgan fingerprint density at radius 2 is 2.20 bits per heavy atom. The summed E-state index contributed by atoms with van der Waals surface area (Å²) >= 11 is 5.83. The largest absolute Gasteiger partial charge is 0.368 e. The van der Waals surface area contributed by atoms with Crippen molar-refractivity contribution in [3.8, 4) is 0 Å². The van der Waals surface area contributed by atoms with Crippen LogP contribution in [0.4, 0.5) is 0 Å². The monoisotopic (exact) mass is 230 g/mol. The van der Waals surface area contributed by atoms with E-state index in [1.165, 1.54) is 10.9 Å². The molecule has 15 heavy (non-hydrogen) atoms. The summed E-state index contributed by atoms with van der Waals surface area (Å²) in [5.74, 6) is -0.157. The van der Waals surface area contributed by atoms with E-state index in [-0.39, 0.29) is 18.0 Å². The van der Waals surface area contributed by atoms with Gasteiger partial charge in [0.2, 0.25) is 5.78 Å². The third-order valence-electron chi connectivity index (χ3n) is 1.79. The molecule has 5 heteroatoms. The van der Waals surface area contributed by atoms with Crippen molar-refractivity contribution in [3.63, 3.8) is 0 Å². The Kier molecular flexibility index (Phi) is 3.52. The van der Waals surface area contributed by atoms with Gasteiger partial charge in [0.15, 0.2) is 0 Å². The van der Waals surface area contributed by atoms with Crippen LogP contribution in [0.5, 0.6) is 0 Å². The molecular formula is C10H15ClN2O2. The first-order valence-electron chi connectivity index (χ1n) is 4.66. The molecule has 0 amide bonds. The number of ether oxygens (including phenoxy) is 1. The minimum atomic E-state index is -0.333. The Hall–Kier alpha value is -0.870. The van der Waals surface area contributed by atoms with Gasteiger partial charge in [-0.15, -0.1) is 0 Å². The van der Waals surface area contributed by atoms with E-state index in [4.69, 9.17) is 16.3 Å². The quantitative estimate of drug-likeness (QED) is 0.747. The summed E-state index contributed by atoms with van der Waals surface area (Å²) in [5.41, 5.74) is 0.0571. The summed E-state index contributed by atoms with van der Waals surface area (Å²) in [6, 6.07) is 0. The molecule has 1 aromatic rings. The van der Waals surface area contributed by atoms with Gasteiger partial charge in [-0.05, 0) is 20.8 Å². The van der Waals surface area contributed by atoms with Gasteiger partial charge in [-0.25, -0.2) is 0 Å². The zero-order valence-corrected chi connectivity index (χ0v) is 10.1. The molecule has 1 rings (SSSR count). The first kappa shape index (κ1) is 12.2. The van der Waals surface area contributed by atoms with Crippen LogP contribution >= 0.6 is 11.6 Å². The summed E-state index contributed by atoms with van der Waals surface area (Å²) < 4.78 is 6.83. The minimum absolute atomic E-state index is 0.0166. The number of rotatable bonds is 3. The fourth-order valence-corrected chi connectivity index (χ4v) is 1.35. The van der Waals surface area contributed by atoms with Crippen LogP contribution < -0.4 is 0 Å². The van der Waals surface area contributed by atoms with Crippen LogP contribution in [-0.2, 0) is 11.8 Å². The van der Waals surface area contributed by atoms with E-state index in [0.717, 1.165) is 0 Å². The highest BCUT2D eigenvalue weighted by Crippen LogP contribution is 2.16. The Labute approximate surface area is 94.2 Å². The van der Waals surface area contributed by atoms with Crippen LogP contribution in [0.3, 0.4) is 0 Å². The van der Waals surface area contributed by atoms with Gasteiger partial charge in [0.25, 0.3) is 0 Å². The van der Waals surface area contributed by atoms with Crippen molar-refractivity contribution in [1.29, 1.82) is 0 Å². The van der Waals surface area contributed by atoms with E-state index in [2.05, 4.69) is 5.10 Å². The summed E-state index contributed by atoms with van der Waals surface area (Å²) in [6.45, 7) is 5.70. The number of nitrogens with zero attached hydrogens (tertiary/aromatic N) is 2. The molecule has 0 aliphatic rings. The van der Waals surface area contributed by atoms with Crippen LogP contribution in [0.15, 0.2) is 6.20 Å². The van der Waals surface area contributed by atoms with Crippen LogP contribution in [0.2, 0.25) is 5.02 Å². The van der Waals surface area contributed by atoms with Crippen LogP contribution in [0.25, 0.3) is 0 Å². The topological polar surface area (TPSA) is 44.1 Å². The fourth-order valence-electron chi connectivity index (χ4n) is 1.07. The fraction of sp³-hybridized carbons (Fsp3) is 0.600. The van der Waals surface area contributed by atoms with Crippen molar-refractivity contribution >= 4 is 17.4 Å². The van der Waals surface area contributed by atoms with Gasteiger partial charge in [-0.2, -0.15) is 5.10 Å². The van der Waals surface area contributed by atoms with Gasteiger partial charge < -0.3 is 4.74 Å². The number of aryl methyl sites for hydroxylation is 1. The zero-order valence-electron chi connectivity index (χ0n) is 9.37. The molecule has 0 unspecified atom stereocenters. The molecule has 0 N–H and O–H groups in total. The average Bonchev–Trinajstić information content (AvgIpc) is 2.41. The Morgan fingerprint density at radius 1 is 1.60 bits per heavy atom. The van der Waals surface area contributed by atoms with Crippen molar-refractivity contribution < 1.29 is 9.53 Å². The van der Waals surface area contributed by atoms with E-state index >= 15 is 0 Å². The van der Waals surface area contributed by atoms with Crippen molar-refractivity contribution in [1.82, 2.24) is 9.78 Å². The van der Waals surface area contributed by atoms with Crippen molar-refractivity contribution in [2.24, 2.45) is 7.05 Å². The van der Waals surface area contributed by atoms with Crippen LogP contribution in [0, 0.1) is 0 Å². The third kappa shape index (κ3) is 3.32. The second-order valence-electron chi connectivity index (χ2n) is 4.29. The number of ketones is 1. The first-order chi connectivity index (χ1) is 6.81. The van der Waals surface area contributed by atoms with E-state index in [1.54, 1.807) is 7.05 Å². The molecule has 0 saturated heterocycles. The molecule has 0 aromatic carbocycles. The van der Waals surface area contributed by atoms with Crippen LogP contribution in [0.1, 0.15) is 31.3 Å². The SMILES string of the molecule is Cn1ncc(Cl)c1C(=O)COC(C)(C)C. The van der Waals surface area contributed by atoms with Gasteiger partial charge in [0.05, 0.1) is 16.8 Å². The van der Waals surface area contributed by atoms with Gasteiger partial charge in [-0.3, -0.25) is 9.48 Å². The second-order valence-corrected chi connectivity index (χ2v) is 4.70. The van der Waals surface area contributed by atoms with Gasteiger partial charge in [-0.1, -0.05) is 11.6 Å². The molecule has 0 aliphatic heterocycles. The maximum Gasteiger partial charge on any atom is 0.207 e. The zero-order chi connectivity index (χ0) is 11.6. The summed E-state index contributed by atoms with van der Waals surface area (Å²) in [6.07, 6.45) is 1.45. The number of carbonyl (C=O) groups excluding carboxylic acids is 1. The number of aromatic nitrogens is 2. The molecule has 0 radical (unpaired) electrons. The maximum atomic E-state index is 11.7. The van der Waals surface area contributed by atoms with Crippen molar-refractivity contribution in [2.45, 2.75) is 26.4 Å². The third-order valence-corrected chi connectivity index (χ3v) is 2.07. The number of Topliss-reactive ketones (excluding diaryl/α,β-unsaturated/α-hetero) is 1. The smallest absolute Gasteiger partial charge is 0.207 e. The van der Waals surface area contributed by atoms with E-state index in [9.17, 15) is 4.79 Å². The lowest BCUT2D eigenvalue weighted by molar-refractivity contribution is 0.00269. The number of hydrogen-bond donors (Lipinski definition) is 0. The molecule has 0 bridgehead atoms. The van der Waals surface area contributed by atoms with Gasteiger partial charge in [0.1, 0.15) is 12.3 Å². The number of hydrogen-bond acceptors (Lipinski definition) is 3. The minimum Gasteiger partial charge on any atom is -0.368 e. The molecule has 1 aromatic heterocycles. The molecule has 0 aliphatic carbocycles.